The van der Waals surface area contributed by atoms with Crippen molar-refractivity contribution < 1.29 is 27.1 Å². The van der Waals surface area contributed by atoms with Gasteiger partial charge in [0.05, 0.1) is 18.2 Å². The van der Waals surface area contributed by atoms with Crippen LogP contribution in [0.5, 0.6) is 5.75 Å². The molecule has 0 aliphatic carbocycles. The van der Waals surface area contributed by atoms with Crippen molar-refractivity contribution in [1.29, 1.82) is 0 Å². The zero-order valence-electron chi connectivity index (χ0n) is 16.2. The molecule has 0 aliphatic heterocycles. The average molecular weight is 430 g/mol. The summed E-state index contributed by atoms with van der Waals surface area (Å²) >= 11 is 0. The van der Waals surface area contributed by atoms with Gasteiger partial charge in [0.1, 0.15) is 18.2 Å². The van der Waals surface area contributed by atoms with Gasteiger partial charge in [-0.1, -0.05) is 36.4 Å². The molecular formula is C23H18F4N2O2. The van der Waals surface area contributed by atoms with E-state index in [9.17, 15) is 22.4 Å². The number of rotatable bonds is 7. The predicted octanol–water partition coefficient (Wildman–Crippen LogP) is 5.12. The summed E-state index contributed by atoms with van der Waals surface area (Å²) in [5.41, 5.74) is 2.82. The normalized spacial score (nSPS) is 11.5. The maximum absolute atomic E-state index is 13.6. The largest absolute Gasteiger partial charge is 0.489 e. The van der Waals surface area contributed by atoms with Crippen LogP contribution in [0.3, 0.4) is 0 Å². The van der Waals surface area contributed by atoms with Crippen LogP contribution in [0, 0.1) is 5.82 Å². The second kappa shape index (κ2) is 9.88. The summed E-state index contributed by atoms with van der Waals surface area (Å²) in [6.07, 6.45) is -3.30. The third-order valence-corrected chi connectivity index (χ3v) is 4.25. The van der Waals surface area contributed by atoms with Crippen LogP contribution in [0.15, 0.2) is 77.9 Å². The van der Waals surface area contributed by atoms with E-state index in [0.29, 0.717) is 16.9 Å². The summed E-state index contributed by atoms with van der Waals surface area (Å²) in [5.74, 6) is -0.346. The first kappa shape index (κ1) is 22.0. The first-order valence-electron chi connectivity index (χ1n) is 9.25. The molecule has 31 heavy (non-hydrogen) atoms. The number of carbonyl (C=O) groups excluding carboxylic acids is 1. The zero-order valence-corrected chi connectivity index (χ0v) is 16.2. The Morgan fingerprint density at radius 2 is 1.74 bits per heavy atom. The van der Waals surface area contributed by atoms with Crippen LogP contribution in [0.1, 0.15) is 22.3 Å². The van der Waals surface area contributed by atoms with Crippen molar-refractivity contribution >= 4 is 12.1 Å². The van der Waals surface area contributed by atoms with Crippen molar-refractivity contribution in [2.45, 2.75) is 19.2 Å². The number of nitrogens with one attached hydrogen (secondary N) is 1. The standard InChI is InChI=1S/C23H18F4N2O2/c24-21-7-2-1-5-18(21)15-31-20-10-8-16(9-11-20)14-28-29-22(30)13-17-4-3-6-19(12-17)23(25,26)27/h1-12,14H,13,15H2,(H,29,30)/b28-14+. The summed E-state index contributed by atoms with van der Waals surface area (Å²) in [5, 5.41) is 3.81. The Hall–Kier alpha value is -3.68. The van der Waals surface area contributed by atoms with Gasteiger partial charge in [0.25, 0.3) is 0 Å². The van der Waals surface area contributed by atoms with Gasteiger partial charge in [-0.15, -0.1) is 0 Å². The molecule has 0 atom stereocenters. The Labute approximate surface area is 176 Å². The van der Waals surface area contributed by atoms with Gasteiger partial charge in [0.15, 0.2) is 0 Å². The number of hydrazone groups is 1. The molecule has 3 rings (SSSR count). The molecule has 0 saturated heterocycles. The van der Waals surface area contributed by atoms with Crippen LogP contribution >= 0.6 is 0 Å². The molecule has 0 fully saturated rings. The lowest BCUT2D eigenvalue weighted by atomic mass is 10.1. The van der Waals surface area contributed by atoms with Crippen molar-refractivity contribution in [2.75, 3.05) is 0 Å². The zero-order chi connectivity index (χ0) is 22.3. The van der Waals surface area contributed by atoms with Crippen LogP contribution in [0.2, 0.25) is 0 Å². The lowest BCUT2D eigenvalue weighted by Gasteiger charge is -2.08. The first-order chi connectivity index (χ1) is 14.8. The minimum atomic E-state index is -4.46. The molecular weight excluding hydrogens is 412 g/mol. The minimum absolute atomic E-state index is 0.0890. The van der Waals surface area contributed by atoms with Crippen LogP contribution in [-0.4, -0.2) is 12.1 Å². The van der Waals surface area contributed by atoms with Crippen molar-refractivity contribution in [2.24, 2.45) is 5.10 Å². The topological polar surface area (TPSA) is 50.7 Å². The van der Waals surface area contributed by atoms with Gasteiger partial charge in [-0.3, -0.25) is 4.79 Å². The van der Waals surface area contributed by atoms with Crippen LogP contribution in [-0.2, 0) is 24.0 Å². The monoisotopic (exact) mass is 430 g/mol. The first-order valence-corrected chi connectivity index (χ1v) is 9.25. The summed E-state index contributed by atoms with van der Waals surface area (Å²) in [4.78, 5) is 11.9. The van der Waals surface area contributed by atoms with E-state index in [1.807, 2.05) is 0 Å². The molecule has 0 radical (unpaired) electrons. The third-order valence-electron chi connectivity index (χ3n) is 4.25. The highest BCUT2D eigenvalue weighted by Crippen LogP contribution is 2.29. The molecule has 0 unspecified atom stereocenters. The van der Waals surface area contributed by atoms with Crippen LogP contribution in [0.25, 0.3) is 0 Å². The Balaban J connectivity index is 1.49. The number of hydrogen-bond acceptors (Lipinski definition) is 3. The summed E-state index contributed by atoms with van der Waals surface area (Å²) in [6, 6.07) is 17.6. The number of halogens is 4. The lowest BCUT2D eigenvalue weighted by Crippen LogP contribution is -2.20. The fraction of sp³-hybridized carbons (Fsp3) is 0.130. The highest BCUT2D eigenvalue weighted by atomic mass is 19.4. The smallest absolute Gasteiger partial charge is 0.416 e. The summed E-state index contributed by atoms with van der Waals surface area (Å²) in [6.45, 7) is 0.0890. The lowest BCUT2D eigenvalue weighted by molar-refractivity contribution is -0.137. The maximum Gasteiger partial charge on any atom is 0.416 e. The quantitative estimate of drug-likeness (QED) is 0.322. The molecule has 0 bridgehead atoms. The van der Waals surface area contributed by atoms with Crippen molar-refractivity contribution in [3.8, 4) is 5.75 Å². The SMILES string of the molecule is O=C(Cc1cccc(C(F)(F)F)c1)N/N=C/c1ccc(OCc2ccccc2F)cc1. The Bertz CT molecular complexity index is 1060. The molecule has 0 spiro atoms. The maximum atomic E-state index is 13.6. The Morgan fingerprint density at radius 3 is 2.45 bits per heavy atom. The van der Waals surface area contributed by atoms with E-state index < -0.39 is 17.6 Å². The number of alkyl halides is 3. The van der Waals surface area contributed by atoms with Gasteiger partial charge in [0.2, 0.25) is 5.91 Å². The predicted molar refractivity (Wildman–Crippen MR) is 108 cm³/mol. The Morgan fingerprint density at radius 1 is 1.00 bits per heavy atom. The van der Waals surface area contributed by atoms with Crippen LogP contribution in [0.4, 0.5) is 17.6 Å². The minimum Gasteiger partial charge on any atom is -0.489 e. The van der Waals surface area contributed by atoms with Gasteiger partial charge >= 0.3 is 6.18 Å². The average Bonchev–Trinajstić information content (AvgIpc) is 2.74. The molecule has 0 heterocycles. The number of amides is 1. The second-order valence-electron chi connectivity index (χ2n) is 6.62. The van der Waals surface area contributed by atoms with Gasteiger partial charge < -0.3 is 4.74 Å². The Kier molecular flexibility index (Phi) is 7.02. The number of benzene rings is 3. The fourth-order valence-corrected chi connectivity index (χ4v) is 2.69. The summed E-state index contributed by atoms with van der Waals surface area (Å²) < 4.78 is 57.3. The number of hydrogen-bond donors (Lipinski definition) is 1. The third kappa shape index (κ3) is 6.67. The van der Waals surface area contributed by atoms with Crippen molar-refractivity contribution in [1.82, 2.24) is 5.43 Å². The van der Waals surface area contributed by atoms with E-state index in [1.165, 1.54) is 24.4 Å². The van der Waals surface area contributed by atoms with Gasteiger partial charge in [-0.05, 0) is 47.5 Å². The molecule has 1 amide bonds. The van der Waals surface area contributed by atoms with E-state index in [1.54, 1.807) is 42.5 Å². The van der Waals surface area contributed by atoms with Crippen molar-refractivity contribution in [3.63, 3.8) is 0 Å². The van der Waals surface area contributed by atoms with Gasteiger partial charge in [0, 0.05) is 5.56 Å². The van der Waals surface area contributed by atoms with E-state index in [-0.39, 0.29) is 24.4 Å². The van der Waals surface area contributed by atoms with E-state index in [2.05, 4.69) is 10.5 Å². The highest BCUT2D eigenvalue weighted by Gasteiger charge is 2.30. The highest BCUT2D eigenvalue weighted by molar-refractivity contribution is 5.83. The van der Waals surface area contributed by atoms with E-state index >= 15 is 0 Å². The van der Waals surface area contributed by atoms with E-state index in [4.69, 9.17) is 4.74 Å². The molecule has 8 heteroatoms. The number of carbonyl (C=O) groups is 1. The fourth-order valence-electron chi connectivity index (χ4n) is 2.69. The van der Waals surface area contributed by atoms with Gasteiger partial charge in [-0.2, -0.15) is 18.3 Å². The molecule has 0 aliphatic rings. The molecule has 160 valence electrons. The molecule has 3 aromatic rings. The molecule has 4 nitrogen and oxygen atoms in total. The second-order valence-corrected chi connectivity index (χ2v) is 6.62. The number of nitrogens with zero attached hydrogens (tertiary/aromatic N) is 1. The molecule has 0 aromatic heterocycles. The van der Waals surface area contributed by atoms with Gasteiger partial charge in [-0.25, -0.2) is 9.82 Å². The van der Waals surface area contributed by atoms with Crippen molar-refractivity contribution in [3.05, 3.63) is 101 Å². The number of ether oxygens (including phenoxy) is 1. The molecule has 0 saturated carbocycles. The van der Waals surface area contributed by atoms with Crippen LogP contribution < -0.4 is 10.2 Å². The molecule has 3 aromatic carbocycles. The summed E-state index contributed by atoms with van der Waals surface area (Å²) in [7, 11) is 0. The molecule has 1 N–H and O–H groups in total. The van der Waals surface area contributed by atoms with E-state index in [0.717, 1.165) is 12.1 Å².